The Morgan fingerprint density at radius 2 is 2.00 bits per heavy atom. The zero-order chi connectivity index (χ0) is 11.1. The number of hydrogen-bond donors (Lipinski definition) is 1. The minimum Gasteiger partial charge on any atom is -0.508 e. The number of aliphatic hydroxyl groups excluding tert-OH is 1. The third kappa shape index (κ3) is 1.57. The van der Waals surface area contributed by atoms with E-state index in [0.717, 1.165) is 12.0 Å². The van der Waals surface area contributed by atoms with Crippen LogP contribution in [0.2, 0.25) is 0 Å². The maximum atomic E-state index is 9.89. The molecule has 0 spiro atoms. The van der Waals surface area contributed by atoms with Crippen LogP contribution in [0.3, 0.4) is 0 Å². The van der Waals surface area contributed by atoms with Gasteiger partial charge >= 0.3 is 0 Å². The van der Waals surface area contributed by atoms with E-state index >= 15 is 0 Å². The molecule has 0 saturated carbocycles. The van der Waals surface area contributed by atoms with E-state index in [-0.39, 0.29) is 16.3 Å². The van der Waals surface area contributed by atoms with Crippen LogP contribution >= 0.6 is 0 Å². The Hall–Kier alpha value is -0.890. The lowest BCUT2D eigenvalue weighted by Gasteiger charge is -2.34. The lowest BCUT2D eigenvalue weighted by molar-refractivity contribution is 0.375. The summed E-state index contributed by atoms with van der Waals surface area (Å²) in [4.78, 5) is 1.44. The average molecular weight is 221 g/mol. The van der Waals surface area contributed by atoms with Crippen LogP contribution in [0.1, 0.15) is 13.3 Å². The van der Waals surface area contributed by atoms with E-state index in [1.165, 1.54) is 4.91 Å². The molecule has 1 N–H and O–H groups in total. The molecular weight excluding hydrogens is 204 g/mol. The summed E-state index contributed by atoms with van der Waals surface area (Å²) in [5.41, 5.74) is 1.09. The van der Waals surface area contributed by atoms with Crippen molar-refractivity contribution in [1.82, 2.24) is 0 Å². The highest BCUT2D eigenvalue weighted by Gasteiger charge is 2.43. The fourth-order valence-electron chi connectivity index (χ4n) is 2.38. The van der Waals surface area contributed by atoms with Crippen LogP contribution in [0, 0.1) is 5.41 Å². The summed E-state index contributed by atoms with van der Waals surface area (Å²) in [6.07, 6.45) is 15.6. The fourth-order valence-corrected chi connectivity index (χ4v) is 3.81. The van der Waals surface area contributed by atoms with E-state index in [2.05, 4.69) is 31.6 Å². The van der Waals surface area contributed by atoms with Gasteiger partial charge in [-0.25, -0.2) is 0 Å². The van der Waals surface area contributed by atoms with Gasteiger partial charge in [-0.2, -0.15) is 0 Å². The first kappa shape index (κ1) is 10.6. The van der Waals surface area contributed by atoms with Gasteiger partial charge in [0, 0.05) is 16.5 Å². The van der Waals surface area contributed by atoms with Crippen molar-refractivity contribution in [2.45, 2.75) is 13.3 Å². The Morgan fingerprint density at radius 1 is 1.27 bits per heavy atom. The molecule has 2 aliphatic rings. The van der Waals surface area contributed by atoms with Gasteiger partial charge in [-0.1, -0.05) is 18.2 Å². The zero-order valence-electron chi connectivity index (χ0n) is 9.45. The Labute approximate surface area is 94.2 Å². The molecule has 0 amide bonds. The minimum atomic E-state index is 0.0141. The van der Waals surface area contributed by atoms with Gasteiger partial charge < -0.3 is 5.11 Å². The fraction of sp³-hybridized carbons (Fsp3) is 0.385. The quantitative estimate of drug-likeness (QED) is 0.675. The van der Waals surface area contributed by atoms with E-state index in [1.54, 1.807) is 0 Å². The normalized spacial score (nSPS) is 29.5. The summed E-state index contributed by atoms with van der Waals surface area (Å²) in [6, 6.07) is 0. The van der Waals surface area contributed by atoms with E-state index in [0.29, 0.717) is 5.76 Å². The molecule has 80 valence electrons. The second kappa shape index (κ2) is 3.60. The average Bonchev–Trinajstić information content (AvgIpc) is 2.17. The first-order chi connectivity index (χ1) is 7.05. The van der Waals surface area contributed by atoms with Crippen molar-refractivity contribution in [2.75, 3.05) is 12.5 Å². The highest BCUT2D eigenvalue weighted by Crippen LogP contribution is 2.48. The van der Waals surface area contributed by atoms with Crippen LogP contribution in [0.15, 0.2) is 46.6 Å². The number of aliphatic hydroxyl groups is 1. The van der Waals surface area contributed by atoms with Crippen molar-refractivity contribution in [3.63, 3.8) is 0 Å². The molecule has 1 nitrogen and oxygen atoms in total. The summed E-state index contributed by atoms with van der Waals surface area (Å²) in [6.45, 7) is 2.23. The van der Waals surface area contributed by atoms with Crippen LogP contribution in [0.4, 0.5) is 0 Å². The van der Waals surface area contributed by atoms with Gasteiger partial charge in [0.05, 0.1) is 5.41 Å². The molecule has 0 fully saturated rings. The third-order valence-electron chi connectivity index (χ3n) is 3.17. The number of allylic oxidation sites excluding steroid dienone is 7. The van der Waals surface area contributed by atoms with Crippen LogP contribution < -0.4 is 0 Å². The monoisotopic (exact) mass is 221 g/mol. The SMILES string of the molecule is C[S+](C)C1=CC=C(O)C2=CC=CCC21C. The molecule has 1 unspecified atom stereocenters. The minimum absolute atomic E-state index is 0.0141. The first-order valence-corrected chi connectivity index (χ1v) is 7.16. The van der Waals surface area contributed by atoms with Crippen molar-refractivity contribution in [2.24, 2.45) is 5.41 Å². The first-order valence-electron chi connectivity index (χ1n) is 5.12. The van der Waals surface area contributed by atoms with Gasteiger partial charge in [-0.05, 0) is 25.5 Å². The molecular formula is C13H17OS+. The number of rotatable bonds is 1. The van der Waals surface area contributed by atoms with Crippen LogP contribution in [0.25, 0.3) is 0 Å². The van der Waals surface area contributed by atoms with Gasteiger partial charge in [0.1, 0.15) is 23.2 Å². The molecule has 0 aromatic carbocycles. The van der Waals surface area contributed by atoms with Crippen LogP contribution in [-0.4, -0.2) is 17.6 Å². The second-order valence-electron chi connectivity index (χ2n) is 4.44. The summed E-state index contributed by atoms with van der Waals surface area (Å²) in [5.74, 6) is 0.427. The van der Waals surface area contributed by atoms with Crippen molar-refractivity contribution in [1.29, 1.82) is 0 Å². The van der Waals surface area contributed by atoms with E-state index in [1.807, 2.05) is 18.2 Å². The number of hydrogen-bond acceptors (Lipinski definition) is 1. The molecule has 0 bridgehead atoms. The topological polar surface area (TPSA) is 20.2 Å². The van der Waals surface area contributed by atoms with Gasteiger partial charge in [-0.15, -0.1) is 0 Å². The molecule has 2 rings (SSSR count). The van der Waals surface area contributed by atoms with E-state index < -0.39 is 0 Å². The van der Waals surface area contributed by atoms with Gasteiger partial charge in [-0.3, -0.25) is 0 Å². The molecule has 2 heteroatoms. The predicted octanol–water partition coefficient (Wildman–Crippen LogP) is 3.10. The summed E-state index contributed by atoms with van der Waals surface area (Å²) >= 11 is 0. The molecule has 0 saturated heterocycles. The maximum absolute atomic E-state index is 9.89. The largest absolute Gasteiger partial charge is 0.508 e. The van der Waals surface area contributed by atoms with Crippen LogP contribution in [-0.2, 0) is 10.9 Å². The van der Waals surface area contributed by atoms with Crippen LogP contribution in [0.5, 0.6) is 0 Å². The molecule has 0 aromatic heterocycles. The summed E-state index contributed by atoms with van der Waals surface area (Å²) in [5, 5.41) is 9.89. The molecule has 2 aliphatic carbocycles. The van der Waals surface area contributed by atoms with E-state index in [4.69, 9.17) is 0 Å². The second-order valence-corrected chi connectivity index (χ2v) is 6.52. The molecule has 0 aliphatic heterocycles. The van der Waals surface area contributed by atoms with Gasteiger partial charge in [0.2, 0.25) is 0 Å². The highest BCUT2D eigenvalue weighted by atomic mass is 32.2. The van der Waals surface area contributed by atoms with E-state index in [9.17, 15) is 5.11 Å². The Bertz CT molecular complexity index is 399. The van der Waals surface area contributed by atoms with Crippen molar-refractivity contribution < 1.29 is 5.11 Å². The number of fused-ring (bicyclic) bond motifs is 1. The lowest BCUT2D eigenvalue weighted by atomic mass is 9.73. The van der Waals surface area contributed by atoms with Crippen molar-refractivity contribution in [3.05, 3.63) is 46.6 Å². The Balaban J connectivity index is 2.53. The third-order valence-corrected chi connectivity index (χ3v) is 4.64. The Kier molecular flexibility index (Phi) is 2.55. The standard InChI is InChI=1S/C13H16OS/c1-13-9-5-4-6-10(13)11(14)7-8-12(13)15(2)3/h4-8H,9H2,1-3H3/p+1. The lowest BCUT2D eigenvalue weighted by Crippen LogP contribution is -2.30. The van der Waals surface area contributed by atoms with Crippen molar-refractivity contribution >= 4 is 10.9 Å². The Morgan fingerprint density at radius 3 is 2.67 bits per heavy atom. The molecule has 0 radical (unpaired) electrons. The summed E-state index contributed by atoms with van der Waals surface area (Å²) in [7, 11) is 0.256. The molecule has 0 aromatic rings. The smallest absolute Gasteiger partial charge is 0.142 e. The highest BCUT2D eigenvalue weighted by molar-refractivity contribution is 7.99. The summed E-state index contributed by atoms with van der Waals surface area (Å²) < 4.78 is 0. The maximum Gasteiger partial charge on any atom is 0.142 e. The van der Waals surface area contributed by atoms with Gasteiger partial charge in [0.25, 0.3) is 0 Å². The zero-order valence-corrected chi connectivity index (χ0v) is 10.3. The molecule has 1 atom stereocenters. The molecule has 15 heavy (non-hydrogen) atoms. The predicted molar refractivity (Wildman–Crippen MR) is 68.0 cm³/mol. The molecule has 0 heterocycles. The van der Waals surface area contributed by atoms with Crippen molar-refractivity contribution in [3.8, 4) is 0 Å². The van der Waals surface area contributed by atoms with Gasteiger partial charge in [0.15, 0.2) is 0 Å².